The van der Waals surface area contributed by atoms with Gasteiger partial charge in [-0.2, -0.15) is 0 Å². The van der Waals surface area contributed by atoms with Crippen LogP contribution in [0.15, 0.2) is 36.3 Å². The highest BCUT2D eigenvalue weighted by atomic mass is 16.3. The lowest BCUT2D eigenvalue weighted by atomic mass is 9.80. The first kappa shape index (κ1) is 17.4. The van der Waals surface area contributed by atoms with E-state index in [-0.39, 0.29) is 11.2 Å². The molecule has 0 aliphatic heterocycles. The third-order valence-corrected chi connectivity index (χ3v) is 5.98. The molecule has 0 spiro atoms. The summed E-state index contributed by atoms with van der Waals surface area (Å²) in [5, 5.41) is 10.4. The number of aliphatic hydroxyl groups is 1. The summed E-state index contributed by atoms with van der Waals surface area (Å²) in [6.45, 7) is 11.9. The topological polar surface area (TPSA) is 20.2 Å². The predicted octanol–water partition coefficient (Wildman–Crippen LogP) is 5.79. The molecule has 1 atom stereocenters. The Hall–Kier alpha value is -2.42. The molecule has 0 heterocycles. The van der Waals surface area contributed by atoms with Crippen molar-refractivity contribution < 1.29 is 5.11 Å². The molecule has 0 saturated heterocycles. The minimum Gasteiger partial charge on any atom is -0.504 e. The van der Waals surface area contributed by atoms with Crippen molar-refractivity contribution in [2.45, 2.75) is 46.0 Å². The van der Waals surface area contributed by atoms with Gasteiger partial charge < -0.3 is 5.11 Å². The molecule has 128 valence electrons. The second-order valence-corrected chi connectivity index (χ2v) is 7.38. The van der Waals surface area contributed by atoms with Gasteiger partial charge >= 0.3 is 0 Å². The van der Waals surface area contributed by atoms with Gasteiger partial charge in [-0.3, -0.25) is 0 Å². The third-order valence-electron chi connectivity index (χ3n) is 5.98. The van der Waals surface area contributed by atoms with E-state index in [1.165, 1.54) is 35.1 Å². The Labute approximate surface area is 151 Å². The maximum Gasteiger partial charge on any atom is 0.141 e. The van der Waals surface area contributed by atoms with E-state index >= 15 is 0 Å². The zero-order valence-corrected chi connectivity index (χ0v) is 15.3. The fourth-order valence-electron chi connectivity index (χ4n) is 4.10. The SMILES string of the molecule is C#C/C(=C\c1c(C=C)cc2c(c1C)CC(CC)(C(O)=C=C)C2)C1CC1. The van der Waals surface area contributed by atoms with Crippen molar-refractivity contribution in [2.75, 3.05) is 0 Å². The molecule has 1 aromatic carbocycles. The number of hydrogen-bond donors (Lipinski definition) is 1. The summed E-state index contributed by atoms with van der Waals surface area (Å²) in [6, 6.07) is 2.22. The summed E-state index contributed by atoms with van der Waals surface area (Å²) in [6.07, 6.45) is 14.7. The minimum atomic E-state index is -0.277. The van der Waals surface area contributed by atoms with Gasteiger partial charge in [0.05, 0.1) is 0 Å². The molecule has 25 heavy (non-hydrogen) atoms. The molecule has 1 fully saturated rings. The highest BCUT2D eigenvalue weighted by Crippen LogP contribution is 2.47. The van der Waals surface area contributed by atoms with Crippen LogP contribution in [0.25, 0.3) is 12.2 Å². The van der Waals surface area contributed by atoms with Crippen LogP contribution >= 0.6 is 0 Å². The van der Waals surface area contributed by atoms with E-state index in [2.05, 4.69) is 50.8 Å². The summed E-state index contributed by atoms with van der Waals surface area (Å²) in [4.78, 5) is 0. The summed E-state index contributed by atoms with van der Waals surface area (Å²) in [5.41, 5.74) is 9.73. The predicted molar refractivity (Wildman–Crippen MR) is 106 cm³/mol. The number of allylic oxidation sites excluding steroid dienone is 2. The summed E-state index contributed by atoms with van der Waals surface area (Å²) in [7, 11) is 0. The first-order valence-corrected chi connectivity index (χ1v) is 9.05. The lowest BCUT2D eigenvalue weighted by molar-refractivity contribution is 0.221. The summed E-state index contributed by atoms with van der Waals surface area (Å²) >= 11 is 0. The zero-order chi connectivity index (χ0) is 18.2. The van der Waals surface area contributed by atoms with Crippen LogP contribution in [0.5, 0.6) is 0 Å². The first-order chi connectivity index (χ1) is 12.0. The Kier molecular flexibility index (Phi) is 4.51. The largest absolute Gasteiger partial charge is 0.504 e. The van der Waals surface area contributed by atoms with Gasteiger partial charge in [0, 0.05) is 11.0 Å². The highest BCUT2D eigenvalue weighted by Gasteiger charge is 2.40. The normalized spacial score (nSPS) is 22.0. The van der Waals surface area contributed by atoms with Crippen LogP contribution in [-0.4, -0.2) is 5.11 Å². The van der Waals surface area contributed by atoms with Gasteiger partial charge in [0.25, 0.3) is 0 Å². The molecule has 2 aliphatic carbocycles. The molecular weight excluding hydrogens is 304 g/mol. The molecular formula is C24H26O. The smallest absolute Gasteiger partial charge is 0.141 e. The Bertz CT molecular complexity index is 851. The maximum absolute atomic E-state index is 10.4. The number of benzene rings is 1. The van der Waals surface area contributed by atoms with Crippen LogP contribution in [0, 0.1) is 30.6 Å². The molecule has 1 N–H and O–H groups in total. The summed E-state index contributed by atoms with van der Waals surface area (Å²) in [5.74, 6) is 3.71. The second kappa shape index (κ2) is 6.47. The van der Waals surface area contributed by atoms with Crippen LogP contribution in [0.3, 0.4) is 0 Å². The van der Waals surface area contributed by atoms with Crippen molar-refractivity contribution >= 4 is 12.2 Å². The maximum atomic E-state index is 10.4. The van der Waals surface area contributed by atoms with Crippen LogP contribution in [-0.2, 0) is 12.8 Å². The molecule has 1 unspecified atom stereocenters. The van der Waals surface area contributed by atoms with Crippen molar-refractivity contribution in [3.63, 3.8) is 0 Å². The Morgan fingerprint density at radius 2 is 2.16 bits per heavy atom. The Morgan fingerprint density at radius 1 is 1.44 bits per heavy atom. The monoisotopic (exact) mass is 330 g/mol. The first-order valence-electron chi connectivity index (χ1n) is 9.05. The summed E-state index contributed by atoms with van der Waals surface area (Å²) < 4.78 is 0. The number of aliphatic hydroxyl groups excluding tert-OH is 1. The molecule has 0 amide bonds. The van der Waals surface area contributed by atoms with Gasteiger partial charge in [-0.15, -0.1) is 6.42 Å². The molecule has 2 aliphatic rings. The fourth-order valence-corrected chi connectivity index (χ4v) is 4.10. The van der Waals surface area contributed by atoms with Crippen molar-refractivity contribution in [3.8, 4) is 12.3 Å². The van der Waals surface area contributed by atoms with Crippen LogP contribution in [0.2, 0.25) is 0 Å². The molecule has 0 aromatic heterocycles. The van der Waals surface area contributed by atoms with E-state index in [0.717, 1.165) is 30.4 Å². The van der Waals surface area contributed by atoms with Crippen molar-refractivity contribution in [1.29, 1.82) is 0 Å². The number of fused-ring (bicyclic) bond motifs is 1. The van der Waals surface area contributed by atoms with Crippen molar-refractivity contribution in [3.05, 3.63) is 64.1 Å². The second-order valence-electron chi connectivity index (χ2n) is 7.38. The molecule has 0 bridgehead atoms. The van der Waals surface area contributed by atoms with E-state index < -0.39 is 0 Å². The molecule has 1 saturated carbocycles. The van der Waals surface area contributed by atoms with Crippen molar-refractivity contribution in [2.24, 2.45) is 11.3 Å². The minimum absolute atomic E-state index is 0.277. The van der Waals surface area contributed by atoms with Gasteiger partial charge in [0.15, 0.2) is 0 Å². The van der Waals surface area contributed by atoms with Crippen LogP contribution in [0.1, 0.15) is 54.0 Å². The van der Waals surface area contributed by atoms with E-state index in [1.807, 2.05) is 6.08 Å². The fraction of sp³-hybridized carbons (Fsp3) is 0.375. The van der Waals surface area contributed by atoms with Gasteiger partial charge in [0.1, 0.15) is 5.76 Å². The molecule has 1 heteroatoms. The molecule has 1 aromatic rings. The van der Waals surface area contributed by atoms with E-state index in [1.54, 1.807) is 0 Å². The van der Waals surface area contributed by atoms with Gasteiger partial charge in [-0.05, 0) is 78.8 Å². The van der Waals surface area contributed by atoms with E-state index in [0.29, 0.717) is 5.92 Å². The average Bonchev–Trinajstić information content (AvgIpc) is 3.40. The zero-order valence-electron chi connectivity index (χ0n) is 15.3. The molecule has 1 nitrogen and oxygen atoms in total. The average molecular weight is 330 g/mol. The lowest BCUT2D eigenvalue weighted by Crippen LogP contribution is -2.22. The number of rotatable bonds is 5. The van der Waals surface area contributed by atoms with Crippen molar-refractivity contribution in [1.82, 2.24) is 0 Å². The van der Waals surface area contributed by atoms with Crippen LogP contribution < -0.4 is 0 Å². The van der Waals surface area contributed by atoms with E-state index in [4.69, 9.17) is 6.42 Å². The Balaban J connectivity index is 2.13. The number of terminal acetylenes is 1. The van der Waals surface area contributed by atoms with Gasteiger partial charge in [-0.1, -0.05) is 43.9 Å². The number of hydrogen-bond acceptors (Lipinski definition) is 1. The van der Waals surface area contributed by atoms with Gasteiger partial charge in [-0.25, -0.2) is 0 Å². The lowest BCUT2D eigenvalue weighted by Gasteiger charge is -2.25. The quantitative estimate of drug-likeness (QED) is 0.412. The third kappa shape index (κ3) is 2.88. The molecule has 3 rings (SSSR count). The standard InChI is InChI=1S/C24H26O/c1-6-17(19-10-11-19)13-21-16(5)22-15-24(9-4,23(25)8-3)14-20(22)12-18(21)7-2/h1,7,12-13,19,25H,2-3,9-11,14-15H2,4-5H3/b17-13+. The Morgan fingerprint density at radius 3 is 2.68 bits per heavy atom. The van der Waals surface area contributed by atoms with Gasteiger partial charge in [0.2, 0.25) is 0 Å². The molecule has 0 radical (unpaired) electrons. The van der Waals surface area contributed by atoms with E-state index in [9.17, 15) is 5.11 Å². The van der Waals surface area contributed by atoms with Crippen LogP contribution in [0.4, 0.5) is 0 Å². The highest BCUT2D eigenvalue weighted by molar-refractivity contribution is 5.73.